The number of carbonyl (C=O) groups is 1. The van der Waals surface area contributed by atoms with Crippen molar-refractivity contribution in [3.63, 3.8) is 0 Å². The van der Waals surface area contributed by atoms with E-state index in [1.807, 2.05) is 18.3 Å². The molecule has 0 spiro atoms. The summed E-state index contributed by atoms with van der Waals surface area (Å²) in [5, 5.41) is 5.33. The lowest BCUT2D eigenvalue weighted by atomic mass is 9.99. The number of hydrogen-bond donors (Lipinski definition) is 2. The van der Waals surface area contributed by atoms with Crippen LogP contribution in [-0.4, -0.2) is 16.0 Å². The van der Waals surface area contributed by atoms with Crippen molar-refractivity contribution in [2.24, 2.45) is 5.73 Å². The normalized spacial score (nSPS) is 11.3. The van der Waals surface area contributed by atoms with E-state index in [2.05, 4.69) is 10.1 Å². The first-order valence-corrected chi connectivity index (χ1v) is 9.27. The molecule has 0 unspecified atom stereocenters. The van der Waals surface area contributed by atoms with Crippen molar-refractivity contribution < 1.29 is 18.1 Å². The van der Waals surface area contributed by atoms with E-state index in [1.54, 1.807) is 6.07 Å². The Labute approximate surface area is 169 Å². The van der Waals surface area contributed by atoms with Crippen molar-refractivity contribution in [3.05, 3.63) is 87.4 Å². The summed E-state index contributed by atoms with van der Waals surface area (Å²) >= 11 is 6.09. The van der Waals surface area contributed by atoms with Crippen LogP contribution in [0.25, 0.3) is 10.9 Å². The lowest BCUT2D eigenvalue weighted by Crippen LogP contribution is -2.14. The summed E-state index contributed by atoms with van der Waals surface area (Å²) < 4.78 is 32.8. The van der Waals surface area contributed by atoms with Crippen LogP contribution >= 0.6 is 11.6 Å². The molecule has 8 heteroatoms. The van der Waals surface area contributed by atoms with E-state index in [4.69, 9.17) is 21.9 Å². The molecule has 0 bridgehead atoms. The number of aromatic amines is 1. The Morgan fingerprint density at radius 3 is 2.76 bits per heavy atom. The highest BCUT2D eigenvalue weighted by atomic mass is 35.5. The van der Waals surface area contributed by atoms with E-state index < -0.39 is 17.5 Å². The highest BCUT2D eigenvalue weighted by Crippen LogP contribution is 2.26. The molecule has 4 aromatic rings. The molecule has 0 aliphatic heterocycles. The van der Waals surface area contributed by atoms with Crippen molar-refractivity contribution in [1.82, 2.24) is 10.1 Å². The van der Waals surface area contributed by atoms with E-state index in [9.17, 15) is 13.6 Å². The number of rotatable bonds is 6. The summed E-state index contributed by atoms with van der Waals surface area (Å²) in [7, 11) is 0. The van der Waals surface area contributed by atoms with Crippen molar-refractivity contribution in [2.45, 2.75) is 19.3 Å². The Morgan fingerprint density at radius 1 is 1.14 bits per heavy atom. The van der Waals surface area contributed by atoms with Gasteiger partial charge in [-0.15, -0.1) is 0 Å². The molecular weight excluding hydrogens is 400 g/mol. The van der Waals surface area contributed by atoms with E-state index in [1.165, 1.54) is 0 Å². The van der Waals surface area contributed by atoms with Crippen LogP contribution in [0.15, 0.2) is 47.1 Å². The SMILES string of the molecule is NC(=O)c1noc(Cc2cc(F)ccc2F)c1CCc1c[nH]c2ccc(Cl)cc12. The third kappa shape index (κ3) is 3.86. The molecule has 0 fully saturated rings. The van der Waals surface area contributed by atoms with E-state index >= 15 is 0 Å². The molecule has 4 rings (SSSR count). The van der Waals surface area contributed by atoms with Gasteiger partial charge in [0.15, 0.2) is 5.69 Å². The highest BCUT2D eigenvalue weighted by molar-refractivity contribution is 6.31. The first-order chi connectivity index (χ1) is 13.9. The van der Waals surface area contributed by atoms with Crippen LogP contribution in [0, 0.1) is 11.6 Å². The quantitative estimate of drug-likeness (QED) is 0.484. The molecule has 1 amide bonds. The molecule has 2 aromatic carbocycles. The zero-order chi connectivity index (χ0) is 20.5. The Bertz CT molecular complexity index is 1220. The number of nitrogens with one attached hydrogen (secondary N) is 1. The third-order valence-corrected chi connectivity index (χ3v) is 5.07. The number of halogens is 3. The molecule has 5 nitrogen and oxygen atoms in total. The molecule has 148 valence electrons. The number of nitrogens with zero attached hydrogens (tertiary/aromatic N) is 1. The van der Waals surface area contributed by atoms with Gasteiger partial charge in [0, 0.05) is 34.1 Å². The van der Waals surface area contributed by atoms with Crippen molar-refractivity contribution in [2.75, 3.05) is 0 Å². The summed E-state index contributed by atoms with van der Waals surface area (Å²) in [4.78, 5) is 14.9. The van der Waals surface area contributed by atoms with Crippen molar-refractivity contribution in [3.8, 4) is 0 Å². The van der Waals surface area contributed by atoms with Crippen LogP contribution in [0.5, 0.6) is 0 Å². The van der Waals surface area contributed by atoms with E-state index in [0.29, 0.717) is 23.4 Å². The van der Waals surface area contributed by atoms with Crippen LogP contribution in [-0.2, 0) is 19.3 Å². The second-order valence-electron chi connectivity index (χ2n) is 6.71. The molecular formula is C21H16ClF2N3O2. The summed E-state index contributed by atoms with van der Waals surface area (Å²) in [6.45, 7) is 0. The van der Waals surface area contributed by atoms with Gasteiger partial charge in [-0.05, 0) is 60.4 Å². The maximum atomic E-state index is 14.0. The van der Waals surface area contributed by atoms with Crippen molar-refractivity contribution >= 4 is 28.4 Å². The average Bonchev–Trinajstić information content (AvgIpc) is 3.26. The van der Waals surface area contributed by atoms with Crippen LogP contribution < -0.4 is 5.73 Å². The highest BCUT2D eigenvalue weighted by Gasteiger charge is 2.21. The summed E-state index contributed by atoms with van der Waals surface area (Å²) in [6, 6.07) is 8.71. The van der Waals surface area contributed by atoms with Gasteiger partial charge in [0.05, 0.1) is 0 Å². The van der Waals surface area contributed by atoms with Gasteiger partial charge in [-0.1, -0.05) is 16.8 Å². The minimum atomic E-state index is -0.739. The first-order valence-electron chi connectivity index (χ1n) is 8.89. The predicted molar refractivity (Wildman–Crippen MR) is 105 cm³/mol. The van der Waals surface area contributed by atoms with Crippen LogP contribution in [0.4, 0.5) is 8.78 Å². The van der Waals surface area contributed by atoms with Gasteiger partial charge >= 0.3 is 0 Å². The molecule has 2 aromatic heterocycles. The molecule has 0 aliphatic rings. The smallest absolute Gasteiger partial charge is 0.271 e. The van der Waals surface area contributed by atoms with Crippen LogP contribution in [0.3, 0.4) is 0 Å². The number of benzene rings is 2. The first kappa shape index (κ1) is 19.1. The third-order valence-electron chi connectivity index (χ3n) is 4.84. The minimum Gasteiger partial charge on any atom is -0.364 e. The number of aromatic nitrogens is 2. The van der Waals surface area contributed by atoms with E-state index in [-0.39, 0.29) is 23.4 Å². The zero-order valence-corrected chi connectivity index (χ0v) is 15.9. The molecule has 0 saturated carbocycles. The summed E-state index contributed by atoms with van der Waals surface area (Å²) in [5.74, 6) is -1.59. The average molecular weight is 416 g/mol. The van der Waals surface area contributed by atoms with Crippen LogP contribution in [0.1, 0.15) is 32.9 Å². The number of fused-ring (bicyclic) bond motifs is 1. The number of nitrogens with two attached hydrogens (primary N) is 1. The number of amides is 1. The number of H-pyrrole nitrogens is 1. The number of primary amides is 1. The number of carbonyl (C=O) groups excluding carboxylic acids is 1. The molecule has 0 radical (unpaired) electrons. The Hall–Kier alpha value is -3.19. The van der Waals surface area contributed by atoms with E-state index in [0.717, 1.165) is 34.7 Å². The maximum absolute atomic E-state index is 14.0. The van der Waals surface area contributed by atoms with Gasteiger partial charge in [-0.2, -0.15) is 0 Å². The number of aryl methyl sites for hydroxylation is 1. The summed E-state index contributed by atoms with van der Waals surface area (Å²) in [5.41, 5.74) is 7.93. The fourth-order valence-corrected chi connectivity index (χ4v) is 3.57. The van der Waals surface area contributed by atoms with Crippen LogP contribution in [0.2, 0.25) is 5.02 Å². The molecule has 3 N–H and O–H groups in total. The Kier molecular flexibility index (Phi) is 5.07. The fraction of sp³-hybridized carbons (Fsp3) is 0.143. The zero-order valence-electron chi connectivity index (χ0n) is 15.1. The molecule has 2 heterocycles. The van der Waals surface area contributed by atoms with Gasteiger partial charge in [-0.25, -0.2) is 8.78 Å². The predicted octanol–water partition coefficient (Wildman–Crippen LogP) is 4.56. The molecule has 29 heavy (non-hydrogen) atoms. The van der Waals surface area contributed by atoms with Gasteiger partial charge in [0.25, 0.3) is 5.91 Å². The maximum Gasteiger partial charge on any atom is 0.271 e. The van der Waals surface area contributed by atoms with Gasteiger partial charge < -0.3 is 15.2 Å². The Balaban J connectivity index is 1.65. The molecule has 0 saturated heterocycles. The summed E-state index contributed by atoms with van der Waals surface area (Å²) in [6.07, 6.45) is 2.75. The Morgan fingerprint density at radius 2 is 1.97 bits per heavy atom. The fourth-order valence-electron chi connectivity index (χ4n) is 3.40. The topological polar surface area (TPSA) is 84.9 Å². The second-order valence-corrected chi connectivity index (χ2v) is 7.15. The second kappa shape index (κ2) is 7.67. The largest absolute Gasteiger partial charge is 0.364 e. The van der Waals surface area contributed by atoms with Gasteiger partial charge in [-0.3, -0.25) is 4.79 Å². The monoisotopic (exact) mass is 415 g/mol. The lowest BCUT2D eigenvalue weighted by molar-refractivity contribution is 0.0991. The number of hydrogen-bond acceptors (Lipinski definition) is 3. The van der Waals surface area contributed by atoms with Gasteiger partial charge in [0.2, 0.25) is 0 Å². The lowest BCUT2D eigenvalue weighted by Gasteiger charge is -2.05. The molecule has 0 atom stereocenters. The van der Waals surface area contributed by atoms with Crippen molar-refractivity contribution in [1.29, 1.82) is 0 Å². The standard InChI is InChI=1S/C21H16ClF2N3O2/c22-13-2-6-18-16(9-13)11(10-26-18)1-4-15-19(29-27-20(15)21(25)28)8-12-7-14(23)3-5-17(12)24/h2-3,5-7,9-10,26H,1,4,8H2,(H2,25,28). The minimum absolute atomic E-state index is 0.00492. The van der Waals surface area contributed by atoms with Gasteiger partial charge in [0.1, 0.15) is 17.4 Å². The molecule has 0 aliphatic carbocycles.